The third-order valence-electron chi connectivity index (χ3n) is 5.93. The van der Waals surface area contributed by atoms with Gasteiger partial charge in [0, 0.05) is 32.8 Å². The van der Waals surface area contributed by atoms with Crippen molar-refractivity contribution in [2.45, 2.75) is 12.1 Å². The van der Waals surface area contributed by atoms with Crippen molar-refractivity contribution in [1.82, 2.24) is 4.98 Å². The van der Waals surface area contributed by atoms with Gasteiger partial charge < -0.3 is 4.98 Å². The predicted octanol–water partition coefficient (Wildman–Crippen LogP) is 8.61. The second kappa shape index (κ2) is 9.80. The van der Waals surface area contributed by atoms with E-state index in [1.165, 1.54) is 12.1 Å². The van der Waals surface area contributed by atoms with Crippen molar-refractivity contribution < 1.29 is 13.2 Å². The van der Waals surface area contributed by atoms with Crippen molar-refractivity contribution >= 4 is 46.0 Å². The van der Waals surface area contributed by atoms with Gasteiger partial charge in [0.1, 0.15) is 0 Å². The van der Waals surface area contributed by atoms with E-state index in [0.29, 0.717) is 21.7 Å². The van der Waals surface area contributed by atoms with Crippen molar-refractivity contribution in [3.05, 3.63) is 138 Å². The van der Waals surface area contributed by atoms with Crippen LogP contribution >= 0.6 is 22.9 Å². The van der Waals surface area contributed by atoms with E-state index in [0.717, 1.165) is 33.5 Å². The predicted molar refractivity (Wildman–Crippen MR) is 142 cm³/mol. The molecule has 0 aliphatic carbocycles. The van der Waals surface area contributed by atoms with Gasteiger partial charge >= 0.3 is 6.18 Å². The van der Waals surface area contributed by atoms with E-state index in [-0.39, 0.29) is 11.5 Å². The third kappa shape index (κ3) is 5.15. The van der Waals surface area contributed by atoms with Gasteiger partial charge in [0.2, 0.25) is 5.56 Å². The summed E-state index contributed by atoms with van der Waals surface area (Å²) < 4.78 is 39.3. The molecule has 1 N–H and O–H groups in total. The molecule has 5 aromatic rings. The number of benzene rings is 3. The first kappa shape index (κ1) is 24.1. The van der Waals surface area contributed by atoms with Crippen LogP contribution in [0.4, 0.5) is 13.2 Å². The average Bonchev–Trinajstić information content (AvgIpc) is 3.38. The van der Waals surface area contributed by atoms with Crippen LogP contribution in [-0.2, 0) is 6.18 Å². The summed E-state index contributed by atoms with van der Waals surface area (Å²) in [5, 5.41) is 3.48. The van der Waals surface area contributed by atoms with Crippen LogP contribution in [0.15, 0.2) is 95.1 Å². The maximum absolute atomic E-state index is 13.1. The number of hydrogen-bond donors (Lipinski definition) is 1. The van der Waals surface area contributed by atoms with Crippen LogP contribution in [0.3, 0.4) is 0 Å². The quantitative estimate of drug-likeness (QED) is 0.247. The summed E-state index contributed by atoms with van der Waals surface area (Å²) in [5.41, 5.74) is 2.76. The molecule has 0 fully saturated rings. The van der Waals surface area contributed by atoms with Crippen LogP contribution in [0.25, 0.3) is 23.1 Å². The van der Waals surface area contributed by atoms with Crippen LogP contribution in [0, 0.1) is 0 Å². The maximum Gasteiger partial charge on any atom is 0.416 e. The first-order chi connectivity index (χ1) is 17.3. The van der Waals surface area contributed by atoms with Crippen LogP contribution in [0.1, 0.15) is 38.6 Å². The number of aromatic nitrogens is 1. The lowest BCUT2D eigenvalue weighted by Gasteiger charge is -2.18. The fraction of sp³-hybridized carbons (Fsp3) is 0.0690. The molecular weight excluding hydrogens is 503 g/mol. The summed E-state index contributed by atoms with van der Waals surface area (Å²) in [6, 6.07) is 24.2. The fourth-order valence-corrected chi connectivity index (χ4v) is 5.26. The third-order valence-corrected chi connectivity index (χ3v) is 7.12. The molecule has 0 aliphatic rings. The topological polar surface area (TPSA) is 32.9 Å². The number of hydrogen-bond acceptors (Lipinski definition) is 2. The first-order valence-electron chi connectivity index (χ1n) is 11.1. The van der Waals surface area contributed by atoms with E-state index < -0.39 is 11.7 Å². The molecule has 2 heterocycles. The second-order valence-electron chi connectivity index (χ2n) is 8.35. The highest BCUT2D eigenvalue weighted by Crippen LogP contribution is 2.37. The molecule has 1 unspecified atom stereocenters. The van der Waals surface area contributed by atoms with Crippen molar-refractivity contribution in [2.24, 2.45) is 0 Å². The minimum atomic E-state index is -4.42. The molecule has 0 amide bonds. The van der Waals surface area contributed by atoms with Gasteiger partial charge in [-0.3, -0.25) is 4.79 Å². The Morgan fingerprint density at radius 1 is 0.861 bits per heavy atom. The number of halogens is 4. The molecule has 0 spiro atoms. The normalized spacial score (nSPS) is 12.9. The van der Waals surface area contributed by atoms with Gasteiger partial charge in [-0.25, -0.2) is 0 Å². The van der Waals surface area contributed by atoms with Crippen molar-refractivity contribution in [3.63, 3.8) is 0 Å². The van der Waals surface area contributed by atoms with Crippen LogP contribution < -0.4 is 5.56 Å². The van der Waals surface area contributed by atoms with Gasteiger partial charge in [-0.05, 0) is 70.1 Å². The highest BCUT2D eigenvalue weighted by molar-refractivity contribution is 7.10. The molecule has 7 heteroatoms. The van der Waals surface area contributed by atoms with Gasteiger partial charge in [0.25, 0.3) is 0 Å². The number of fused-ring (bicyclic) bond motifs is 1. The minimum absolute atomic E-state index is 0.0427. The molecule has 36 heavy (non-hydrogen) atoms. The Balaban J connectivity index is 1.61. The number of alkyl halides is 3. The lowest BCUT2D eigenvalue weighted by molar-refractivity contribution is -0.137. The second-order valence-corrected chi connectivity index (χ2v) is 9.77. The van der Waals surface area contributed by atoms with Gasteiger partial charge in [-0.15, -0.1) is 11.3 Å². The average molecular weight is 522 g/mol. The summed E-state index contributed by atoms with van der Waals surface area (Å²) in [5.74, 6) is -0.0427. The van der Waals surface area contributed by atoms with E-state index in [4.69, 9.17) is 11.6 Å². The molecule has 0 aliphatic heterocycles. The van der Waals surface area contributed by atoms with Gasteiger partial charge in [0.05, 0.1) is 5.56 Å². The molecule has 2 nitrogen and oxygen atoms in total. The number of nitrogens with one attached hydrogen (secondary N) is 1. The van der Waals surface area contributed by atoms with Gasteiger partial charge in [0.15, 0.2) is 0 Å². The molecule has 0 saturated carbocycles. The zero-order valence-corrected chi connectivity index (χ0v) is 20.3. The number of pyridine rings is 1. The number of H-pyrrole nitrogens is 1. The molecule has 5 rings (SSSR count). The maximum atomic E-state index is 13.1. The number of aromatic amines is 1. The van der Waals surface area contributed by atoms with E-state index in [9.17, 15) is 18.0 Å². The molecule has 0 radical (unpaired) electrons. The van der Waals surface area contributed by atoms with E-state index in [1.54, 1.807) is 29.6 Å². The Hall–Kier alpha value is -3.61. The summed E-state index contributed by atoms with van der Waals surface area (Å²) in [7, 11) is 0. The smallest absolute Gasteiger partial charge is 0.322 e. The van der Waals surface area contributed by atoms with Crippen molar-refractivity contribution in [1.29, 1.82) is 0 Å². The number of rotatable bonds is 5. The summed E-state index contributed by atoms with van der Waals surface area (Å²) in [6.07, 6.45) is -1.15. The molecule has 3 aromatic carbocycles. The fourth-order valence-electron chi connectivity index (χ4n) is 4.25. The van der Waals surface area contributed by atoms with Gasteiger partial charge in [-0.2, -0.15) is 13.2 Å². The Bertz CT molecular complexity index is 1600. The number of thiophene rings is 1. The first-order valence-corrected chi connectivity index (χ1v) is 12.3. The summed E-state index contributed by atoms with van der Waals surface area (Å²) >= 11 is 7.77. The highest BCUT2D eigenvalue weighted by Gasteiger charge is 2.30. The van der Waals surface area contributed by atoms with E-state index >= 15 is 0 Å². The Morgan fingerprint density at radius 2 is 1.64 bits per heavy atom. The zero-order chi connectivity index (χ0) is 25.3. The summed E-state index contributed by atoms with van der Waals surface area (Å²) in [6.45, 7) is 0. The lowest BCUT2D eigenvalue weighted by Crippen LogP contribution is -2.06. The van der Waals surface area contributed by atoms with E-state index in [1.807, 2.05) is 53.9 Å². The largest absolute Gasteiger partial charge is 0.416 e. The summed E-state index contributed by atoms with van der Waals surface area (Å²) in [4.78, 5) is 16.3. The van der Waals surface area contributed by atoms with Crippen LogP contribution in [-0.4, -0.2) is 4.98 Å². The molecule has 2 aromatic heterocycles. The van der Waals surface area contributed by atoms with Crippen molar-refractivity contribution in [2.75, 3.05) is 0 Å². The van der Waals surface area contributed by atoms with Gasteiger partial charge in [-0.1, -0.05) is 60.2 Å². The Morgan fingerprint density at radius 3 is 2.36 bits per heavy atom. The minimum Gasteiger partial charge on any atom is -0.322 e. The lowest BCUT2D eigenvalue weighted by atomic mass is 9.88. The van der Waals surface area contributed by atoms with Crippen LogP contribution in [0.5, 0.6) is 0 Å². The Kier molecular flexibility index (Phi) is 6.56. The monoisotopic (exact) mass is 521 g/mol. The standard InChI is InChI=1S/C29H19ClF3NOS/c30-23-11-8-19(9-12-23)28(26-5-2-14-36-26)21-10-13-25-24(16-21)20(17-27(35)34-25)7-6-18-3-1-4-22(15-18)29(31,32)33/h1-17,28H,(H,34,35)/b7-6+. The zero-order valence-electron chi connectivity index (χ0n) is 18.7. The highest BCUT2D eigenvalue weighted by atomic mass is 35.5. The molecule has 0 saturated heterocycles. The van der Waals surface area contributed by atoms with Crippen LogP contribution in [0.2, 0.25) is 5.02 Å². The molecule has 180 valence electrons. The Labute approximate surface area is 214 Å². The molecule has 1 atom stereocenters. The molecule has 0 bridgehead atoms. The van der Waals surface area contributed by atoms with E-state index in [2.05, 4.69) is 11.1 Å². The SMILES string of the molecule is O=c1cc(/C=C/c2cccc(C(F)(F)F)c2)c2cc(C(c3ccc(Cl)cc3)c3cccs3)ccc2[nH]1. The molecular formula is C29H19ClF3NOS. The van der Waals surface area contributed by atoms with Crippen molar-refractivity contribution in [3.8, 4) is 0 Å².